The van der Waals surface area contributed by atoms with Crippen molar-refractivity contribution in [2.24, 2.45) is 0 Å². The SMILES string of the molecule is CCCCC/C=C\C/C=C\CCCCCCCCC1(CCCCCCCC/C=C\C/C=C\CCCCC)O[C@H]2CC(N(CC)C(=O)OCc3ccccc3)C[C@H]2O1. The van der Waals surface area contributed by atoms with E-state index in [0.29, 0.717) is 13.2 Å². The molecule has 3 atom stereocenters. The van der Waals surface area contributed by atoms with E-state index in [9.17, 15) is 4.79 Å². The Morgan fingerprint density at radius 3 is 1.46 bits per heavy atom. The van der Waals surface area contributed by atoms with E-state index in [1.165, 1.54) is 128 Å². The van der Waals surface area contributed by atoms with Crippen molar-refractivity contribution in [2.75, 3.05) is 6.54 Å². The van der Waals surface area contributed by atoms with Crippen LogP contribution in [0.4, 0.5) is 4.79 Å². The summed E-state index contributed by atoms with van der Waals surface area (Å²) >= 11 is 0. The molecule has 1 amide bonds. The van der Waals surface area contributed by atoms with Crippen LogP contribution in [0.2, 0.25) is 0 Å². The highest BCUT2D eigenvalue weighted by Gasteiger charge is 2.52. The van der Waals surface area contributed by atoms with Gasteiger partial charge in [-0.15, -0.1) is 0 Å². The fourth-order valence-corrected chi connectivity index (χ4v) is 8.48. The Balaban J connectivity index is 1.36. The molecule has 0 aromatic heterocycles. The molecule has 2 fully saturated rings. The van der Waals surface area contributed by atoms with Crippen LogP contribution in [0, 0.1) is 0 Å². The number of carbonyl (C=O) groups is 1. The number of hydrogen-bond donors (Lipinski definition) is 0. The molecule has 1 aromatic rings. The van der Waals surface area contributed by atoms with Gasteiger partial charge in [0, 0.05) is 25.4 Å². The zero-order chi connectivity index (χ0) is 40.5. The maximum atomic E-state index is 13.1. The van der Waals surface area contributed by atoms with Gasteiger partial charge in [-0.1, -0.05) is 170 Å². The van der Waals surface area contributed by atoms with Crippen molar-refractivity contribution in [3.63, 3.8) is 0 Å². The van der Waals surface area contributed by atoms with Gasteiger partial charge in [0.05, 0.1) is 12.2 Å². The number of nitrogens with zero attached hydrogens (tertiary/aromatic N) is 1. The summed E-state index contributed by atoms with van der Waals surface area (Å²) in [6, 6.07) is 10.0. The lowest BCUT2D eigenvalue weighted by Crippen LogP contribution is -2.41. The minimum atomic E-state index is -0.463. The predicted octanol–water partition coefficient (Wildman–Crippen LogP) is 15.7. The van der Waals surface area contributed by atoms with E-state index in [1.807, 2.05) is 42.2 Å². The Bertz CT molecular complexity index is 1170. The summed E-state index contributed by atoms with van der Waals surface area (Å²) in [5, 5.41) is 0. The molecule has 1 saturated carbocycles. The van der Waals surface area contributed by atoms with E-state index in [2.05, 4.69) is 62.5 Å². The van der Waals surface area contributed by atoms with E-state index < -0.39 is 5.79 Å². The zero-order valence-electron chi connectivity index (χ0n) is 37.0. The first kappa shape index (κ1) is 48.7. The van der Waals surface area contributed by atoms with Crippen molar-refractivity contribution < 1.29 is 19.0 Å². The van der Waals surface area contributed by atoms with E-state index >= 15 is 0 Å². The third-order valence-corrected chi connectivity index (χ3v) is 11.9. The molecule has 1 unspecified atom stereocenters. The number of unbranched alkanes of at least 4 members (excludes halogenated alkanes) is 18. The van der Waals surface area contributed by atoms with Crippen LogP contribution in [0.15, 0.2) is 78.9 Å². The van der Waals surface area contributed by atoms with Crippen LogP contribution in [0.1, 0.15) is 206 Å². The third-order valence-electron chi connectivity index (χ3n) is 11.9. The average molecular weight is 788 g/mol. The lowest BCUT2D eigenvalue weighted by atomic mass is 9.98. The number of rotatable bonds is 34. The maximum absolute atomic E-state index is 13.1. The Kier molecular flexibility index (Phi) is 27.6. The van der Waals surface area contributed by atoms with E-state index in [-0.39, 0.29) is 24.3 Å². The van der Waals surface area contributed by atoms with Crippen LogP contribution in [0.3, 0.4) is 0 Å². The summed E-state index contributed by atoms with van der Waals surface area (Å²) in [5.74, 6) is -0.463. The Morgan fingerprint density at radius 1 is 0.596 bits per heavy atom. The lowest BCUT2D eigenvalue weighted by molar-refractivity contribution is -0.193. The van der Waals surface area contributed by atoms with Gasteiger partial charge in [0.15, 0.2) is 5.79 Å². The molecule has 1 aliphatic heterocycles. The predicted molar refractivity (Wildman–Crippen MR) is 242 cm³/mol. The summed E-state index contributed by atoms with van der Waals surface area (Å²) < 4.78 is 19.6. The minimum absolute atomic E-state index is 0.0557. The molecule has 5 heteroatoms. The largest absolute Gasteiger partial charge is 0.445 e. The van der Waals surface area contributed by atoms with Crippen molar-refractivity contribution in [1.29, 1.82) is 0 Å². The van der Waals surface area contributed by atoms with Crippen molar-refractivity contribution in [1.82, 2.24) is 4.90 Å². The first-order chi connectivity index (χ1) is 28.1. The molecule has 1 aliphatic carbocycles. The van der Waals surface area contributed by atoms with Gasteiger partial charge in [0.1, 0.15) is 6.61 Å². The van der Waals surface area contributed by atoms with Crippen molar-refractivity contribution in [2.45, 2.75) is 231 Å². The van der Waals surface area contributed by atoms with Gasteiger partial charge >= 0.3 is 6.09 Å². The number of benzene rings is 1. The quantitative estimate of drug-likeness (QED) is 0.0516. The zero-order valence-corrected chi connectivity index (χ0v) is 37.0. The monoisotopic (exact) mass is 788 g/mol. The molecule has 2 aliphatic rings. The highest BCUT2D eigenvalue weighted by molar-refractivity contribution is 5.68. The van der Waals surface area contributed by atoms with Crippen molar-refractivity contribution in [3.05, 3.63) is 84.5 Å². The molecule has 0 radical (unpaired) electrons. The van der Waals surface area contributed by atoms with Crippen molar-refractivity contribution >= 4 is 6.09 Å². The standard InChI is InChI=1S/C52H85NO4/c1-4-7-9-11-13-15-17-19-21-23-25-27-29-31-33-38-42-52(43-39-34-32-30-28-26-24-22-20-18-16-14-12-10-8-5-2)56-49-44-48(45-50(49)57-52)53(6-3)51(54)55-46-47-40-36-35-37-41-47/h13-16,19-22,35-37,40-41,48-50H,4-12,17-18,23-34,38-39,42-46H2,1-3H3/b15-13-,16-14-,21-19-,22-20-/t48?,49-,50+. The van der Waals surface area contributed by atoms with Crippen LogP contribution in [0.25, 0.3) is 0 Å². The molecule has 0 N–H and O–H groups in total. The molecule has 322 valence electrons. The van der Waals surface area contributed by atoms with Gasteiger partial charge in [0.25, 0.3) is 0 Å². The highest BCUT2D eigenvalue weighted by Crippen LogP contribution is 2.45. The fraction of sp³-hybridized carbons (Fsp3) is 0.712. The lowest BCUT2D eigenvalue weighted by Gasteiger charge is -2.32. The number of allylic oxidation sites excluding steroid dienone is 8. The first-order valence-electron chi connectivity index (χ1n) is 24.0. The van der Waals surface area contributed by atoms with E-state index in [0.717, 1.165) is 56.9 Å². The first-order valence-corrected chi connectivity index (χ1v) is 24.0. The second-order valence-corrected chi connectivity index (χ2v) is 16.8. The van der Waals surface area contributed by atoms with Crippen LogP contribution in [-0.4, -0.2) is 41.6 Å². The molecule has 5 nitrogen and oxygen atoms in total. The Morgan fingerprint density at radius 2 is 1.02 bits per heavy atom. The summed E-state index contributed by atoms with van der Waals surface area (Å²) in [6.45, 7) is 7.50. The second kappa shape index (κ2) is 32.2. The van der Waals surface area contributed by atoms with Gasteiger partial charge in [-0.05, 0) is 102 Å². The van der Waals surface area contributed by atoms with E-state index in [4.69, 9.17) is 14.2 Å². The van der Waals surface area contributed by atoms with Gasteiger partial charge in [-0.2, -0.15) is 0 Å². The van der Waals surface area contributed by atoms with Crippen molar-refractivity contribution in [3.8, 4) is 0 Å². The van der Waals surface area contributed by atoms with Gasteiger partial charge in [0.2, 0.25) is 0 Å². The molecule has 1 heterocycles. The van der Waals surface area contributed by atoms with Gasteiger partial charge in [-0.3, -0.25) is 0 Å². The van der Waals surface area contributed by atoms with Crippen LogP contribution >= 0.6 is 0 Å². The summed E-state index contributed by atoms with van der Waals surface area (Å²) in [6.07, 6.45) is 52.4. The highest BCUT2D eigenvalue weighted by atomic mass is 16.8. The van der Waals surface area contributed by atoms with E-state index in [1.54, 1.807) is 0 Å². The fourth-order valence-electron chi connectivity index (χ4n) is 8.48. The van der Waals surface area contributed by atoms with Crippen LogP contribution in [0.5, 0.6) is 0 Å². The summed E-state index contributed by atoms with van der Waals surface area (Å²) in [5.41, 5.74) is 1.01. The molecule has 57 heavy (non-hydrogen) atoms. The maximum Gasteiger partial charge on any atom is 0.410 e. The number of ether oxygens (including phenoxy) is 3. The van der Waals surface area contributed by atoms with Gasteiger partial charge < -0.3 is 19.1 Å². The topological polar surface area (TPSA) is 48.0 Å². The summed E-state index contributed by atoms with van der Waals surface area (Å²) in [7, 11) is 0. The molecular weight excluding hydrogens is 703 g/mol. The Labute approximate surface area is 351 Å². The number of carbonyl (C=O) groups excluding carboxylic acids is 1. The molecule has 0 bridgehead atoms. The number of hydrogen-bond acceptors (Lipinski definition) is 4. The van der Waals surface area contributed by atoms with Crippen LogP contribution in [-0.2, 0) is 20.8 Å². The third kappa shape index (κ3) is 21.8. The molecule has 0 spiro atoms. The Hall–Kier alpha value is -2.63. The second-order valence-electron chi connectivity index (χ2n) is 16.8. The minimum Gasteiger partial charge on any atom is -0.445 e. The van der Waals surface area contributed by atoms with Gasteiger partial charge in [-0.25, -0.2) is 4.79 Å². The molecule has 1 saturated heterocycles. The summed E-state index contributed by atoms with van der Waals surface area (Å²) in [4.78, 5) is 15.0. The molecule has 1 aromatic carbocycles. The molecular formula is C52H85NO4. The smallest absolute Gasteiger partial charge is 0.410 e. The van der Waals surface area contributed by atoms with Crippen LogP contribution < -0.4 is 0 Å². The average Bonchev–Trinajstić information content (AvgIpc) is 3.76. The molecule has 3 rings (SSSR count). The number of fused-ring (bicyclic) bond motifs is 1. The number of amides is 1. The normalized spacial score (nSPS) is 19.2.